The lowest BCUT2D eigenvalue weighted by Gasteiger charge is -2.17. The molecule has 1 unspecified atom stereocenters. The fourth-order valence-electron chi connectivity index (χ4n) is 2.07. The van der Waals surface area contributed by atoms with Crippen molar-refractivity contribution in [1.29, 1.82) is 0 Å². The van der Waals surface area contributed by atoms with Crippen molar-refractivity contribution in [2.45, 2.75) is 24.5 Å². The lowest BCUT2D eigenvalue weighted by atomic mass is 10.2. The first kappa shape index (κ1) is 12.8. The van der Waals surface area contributed by atoms with Gasteiger partial charge in [-0.3, -0.25) is 0 Å². The molecule has 0 saturated carbocycles. The molecule has 1 saturated heterocycles. The van der Waals surface area contributed by atoms with E-state index in [1.807, 2.05) is 11.8 Å². The van der Waals surface area contributed by atoms with E-state index >= 15 is 0 Å². The largest absolute Gasteiger partial charge is 0.506 e. The molecule has 0 amide bonds. The second kappa shape index (κ2) is 5.43. The third-order valence-corrected chi connectivity index (χ3v) is 4.78. The summed E-state index contributed by atoms with van der Waals surface area (Å²) in [6, 6.07) is 4.87. The molecule has 1 aromatic heterocycles. The van der Waals surface area contributed by atoms with Crippen molar-refractivity contribution in [2.75, 3.05) is 5.75 Å². The summed E-state index contributed by atoms with van der Waals surface area (Å²) in [6.07, 6.45) is 3.58. The summed E-state index contributed by atoms with van der Waals surface area (Å²) in [5, 5.41) is 14.1. The molecule has 1 aromatic carbocycles. The van der Waals surface area contributed by atoms with Crippen LogP contribution in [0.4, 0.5) is 0 Å². The Bertz CT molecular complexity index is 582. The fraction of sp³-hybridized carbons (Fsp3) is 0.385. The van der Waals surface area contributed by atoms with E-state index in [-0.39, 0.29) is 10.8 Å². The molecule has 1 aliphatic rings. The second-order valence-corrected chi connectivity index (χ2v) is 6.20. The van der Waals surface area contributed by atoms with E-state index in [0.717, 1.165) is 23.6 Å². The van der Waals surface area contributed by atoms with Crippen molar-refractivity contribution < 1.29 is 9.63 Å². The monoisotopic (exact) mass is 296 g/mol. The lowest BCUT2D eigenvalue weighted by molar-refractivity contribution is 0.420. The minimum atomic E-state index is 0.0491. The van der Waals surface area contributed by atoms with Crippen LogP contribution < -0.4 is 0 Å². The van der Waals surface area contributed by atoms with Gasteiger partial charge in [0.25, 0.3) is 5.89 Å². The highest BCUT2D eigenvalue weighted by Crippen LogP contribution is 2.37. The first-order valence-electron chi connectivity index (χ1n) is 6.18. The Morgan fingerprint density at radius 1 is 1.37 bits per heavy atom. The Kier molecular flexibility index (Phi) is 3.66. The van der Waals surface area contributed by atoms with Crippen molar-refractivity contribution in [3.8, 4) is 17.2 Å². The molecule has 4 nitrogen and oxygen atoms in total. The topological polar surface area (TPSA) is 59.2 Å². The number of thioether (sulfide) groups is 1. The van der Waals surface area contributed by atoms with Gasteiger partial charge in [0.05, 0.1) is 10.3 Å². The lowest BCUT2D eigenvalue weighted by Crippen LogP contribution is -2.03. The molecule has 100 valence electrons. The summed E-state index contributed by atoms with van der Waals surface area (Å²) >= 11 is 7.75. The summed E-state index contributed by atoms with van der Waals surface area (Å²) < 4.78 is 5.28. The zero-order valence-corrected chi connectivity index (χ0v) is 11.7. The third-order valence-electron chi connectivity index (χ3n) is 3.10. The van der Waals surface area contributed by atoms with E-state index in [4.69, 9.17) is 16.1 Å². The molecule has 1 atom stereocenters. The average molecular weight is 297 g/mol. The van der Waals surface area contributed by atoms with Crippen molar-refractivity contribution in [1.82, 2.24) is 10.1 Å². The van der Waals surface area contributed by atoms with Crippen LogP contribution in [0.1, 0.15) is 30.3 Å². The zero-order valence-electron chi connectivity index (χ0n) is 10.2. The highest BCUT2D eigenvalue weighted by molar-refractivity contribution is 7.99. The number of hydrogen-bond donors (Lipinski definition) is 1. The van der Waals surface area contributed by atoms with Gasteiger partial charge in [-0.2, -0.15) is 16.7 Å². The van der Waals surface area contributed by atoms with Crippen LogP contribution in [0.25, 0.3) is 11.5 Å². The van der Waals surface area contributed by atoms with E-state index in [9.17, 15) is 5.11 Å². The second-order valence-electron chi connectivity index (χ2n) is 4.48. The van der Waals surface area contributed by atoms with Gasteiger partial charge in [0, 0.05) is 5.56 Å². The number of aromatic nitrogens is 2. The molecule has 3 rings (SSSR count). The van der Waals surface area contributed by atoms with Gasteiger partial charge < -0.3 is 9.63 Å². The van der Waals surface area contributed by atoms with Crippen LogP contribution in [0.2, 0.25) is 5.02 Å². The van der Waals surface area contributed by atoms with Gasteiger partial charge in [-0.15, -0.1) is 0 Å². The number of aromatic hydroxyl groups is 1. The number of rotatable bonds is 2. The van der Waals surface area contributed by atoms with Gasteiger partial charge in [0.2, 0.25) is 0 Å². The molecule has 0 aliphatic carbocycles. The Morgan fingerprint density at radius 3 is 3.00 bits per heavy atom. The Morgan fingerprint density at radius 2 is 2.26 bits per heavy atom. The smallest absolute Gasteiger partial charge is 0.258 e. The summed E-state index contributed by atoms with van der Waals surface area (Å²) in [5.74, 6) is 2.40. The maximum absolute atomic E-state index is 9.40. The Labute approximate surface area is 120 Å². The van der Waals surface area contributed by atoms with Crippen LogP contribution >= 0.6 is 23.4 Å². The van der Waals surface area contributed by atoms with Gasteiger partial charge in [-0.1, -0.05) is 23.2 Å². The molecule has 0 spiro atoms. The molecule has 1 aliphatic heterocycles. The molecular formula is C13H13ClN2O2S. The van der Waals surface area contributed by atoms with E-state index in [0.29, 0.717) is 11.1 Å². The molecule has 2 heterocycles. The van der Waals surface area contributed by atoms with Gasteiger partial charge in [-0.05, 0) is 36.8 Å². The fourth-order valence-corrected chi connectivity index (χ4v) is 3.48. The van der Waals surface area contributed by atoms with Gasteiger partial charge >= 0.3 is 0 Å². The molecule has 0 bridgehead atoms. The van der Waals surface area contributed by atoms with E-state index in [1.165, 1.54) is 18.9 Å². The van der Waals surface area contributed by atoms with Crippen LogP contribution in [-0.4, -0.2) is 21.0 Å². The molecular weight excluding hydrogens is 284 g/mol. The minimum absolute atomic E-state index is 0.0491. The van der Waals surface area contributed by atoms with Crippen LogP contribution in [0.3, 0.4) is 0 Å². The van der Waals surface area contributed by atoms with Crippen LogP contribution in [-0.2, 0) is 0 Å². The maximum Gasteiger partial charge on any atom is 0.258 e. The average Bonchev–Trinajstić information content (AvgIpc) is 2.93. The number of nitrogens with zero attached hydrogens (tertiary/aromatic N) is 2. The third kappa shape index (κ3) is 2.72. The van der Waals surface area contributed by atoms with Crippen molar-refractivity contribution in [2.24, 2.45) is 0 Å². The van der Waals surface area contributed by atoms with Crippen molar-refractivity contribution in [3.63, 3.8) is 0 Å². The minimum Gasteiger partial charge on any atom is -0.506 e. The van der Waals surface area contributed by atoms with Crippen molar-refractivity contribution in [3.05, 3.63) is 29.0 Å². The molecule has 1 fully saturated rings. The van der Waals surface area contributed by atoms with Gasteiger partial charge in [0.1, 0.15) is 5.75 Å². The quantitative estimate of drug-likeness (QED) is 0.906. The van der Waals surface area contributed by atoms with E-state index < -0.39 is 0 Å². The maximum atomic E-state index is 9.40. The van der Waals surface area contributed by atoms with Crippen LogP contribution in [0.5, 0.6) is 5.75 Å². The van der Waals surface area contributed by atoms with E-state index in [1.54, 1.807) is 12.1 Å². The van der Waals surface area contributed by atoms with Crippen LogP contribution in [0.15, 0.2) is 22.7 Å². The predicted octanol–water partition coefficient (Wildman–Crippen LogP) is 4.05. The summed E-state index contributed by atoms with van der Waals surface area (Å²) in [7, 11) is 0. The number of benzene rings is 1. The number of phenolic OH excluding ortho intramolecular Hbond substituents is 1. The normalized spacial score (nSPS) is 19.5. The number of phenols is 1. The molecule has 2 aromatic rings. The van der Waals surface area contributed by atoms with E-state index in [2.05, 4.69) is 10.1 Å². The first-order valence-corrected chi connectivity index (χ1v) is 7.61. The Balaban J connectivity index is 1.85. The van der Waals surface area contributed by atoms with Crippen LogP contribution in [0, 0.1) is 0 Å². The SMILES string of the molecule is Oc1ccc(-c2nc(C3CCCCS3)no2)cc1Cl. The molecule has 6 heteroatoms. The molecule has 0 radical (unpaired) electrons. The number of halogens is 1. The first-order chi connectivity index (χ1) is 9.24. The zero-order chi connectivity index (χ0) is 13.2. The summed E-state index contributed by atoms with van der Waals surface area (Å²) in [5.41, 5.74) is 0.724. The summed E-state index contributed by atoms with van der Waals surface area (Å²) in [6.45, 7) is 0. The van der Waals surface area contributed by atoms with Crippen molar-refractivity contribution >= 4 is 23.4 Å². The predicted molar refractivity (Wildman–Crippen MR) is 75.5 cm³/mol. The standard InChI is InChI=1S/C13H13ClN2O2S/c14-9-7-8(4-5-10(9)17)13-15-12(16-18-13)11-3-1-2-6-19-11/h4-5,7,11,17H,1-3,6H2. The van der Waals surface area contributed by atoms with Gasteiger partial charge in [0.15, 0.2) is 5.82 Å². The highest BCUT2D eigenvalue weighted by atomic mass is 35.5. The Hall–Kier alpha value is -1.20. The number of hydrogen-bond acceptors (Lipinski definition) is 5. The molecule has 1 N–H and O–H groups in total. The summed E-state index contributed by atoms with van der Waals surface area (Å²) in [4.78, 5) is 4.44. The highest BCUT2D eigenvalue weighted by Gasteiger charge is 2.22. The van der Waals surface area contributed by atoms with Gasteiger partial charge in [-0.25, -0.2) is 0 Å². The molecule has 19 heavy (non-hydrogen) atoms.